The van der Waals surface area contributed by atoms with Crippen LogP contribution in [0.15, 0.2) is 18.2 Å². The SMILES string of the molecule is O=C1Nc2c(F)cccc2[C@]12CCNC2. The van der Waals surface area contributed by atoms with E-state index in [1.165, 1.54) is 6.07 Å². The predicted molar refractivity (Wildman–Crippen MR) is 54.2 cm³/mol. The van der Waals surface area contributed by atoms with Gasteiger partial charge < -0.3 is 10.6 Å². The Kier molecular flexibility index (Phi) is 1.65. The van der Waals surface area contributed by atoms with Gasteiger partial charge in [0.05, 0.1) is 11.1 Å². The zero-order valence-corrected chi connectivity index (χ0v) is 8.14. The van der Waals surface area contributed by atoms with Gasteiger partial charge in [-0.25, -0.2) is 4.39 Å². The molecule has 2 aliphatic heterocycles. The van der Waals surface area contributed by atoms with Gasteiger partial charge in [0.2, 0.25) is 5.91 Å². The Labute approximate surface area is 86.7 Å². The Morgan fingerprint density at radius 2 is 2.27 bits per heavy atom. The van der Waals surface area contributed by atoms with E-state index in [1.54, 1.807) is 6.07 Å². The molecule has 1 aromatic carbocycles. The minimum absolute atomic E-state index is 0.0763. The molecule has 2 aliphatic rings. The van der Waals surface area contributed by atoms with Gasteiger partial charge in [-0.2, -0.15) is 0 Å². The second-order valence-electron chi connectivity index (χ2n) is 4.13. The van der Waals surface area contributed by atoms with Crippen LogP contribution in [-0.2, 0) is 10.2 Å². The molecule has 1 aromatic rings. The van der Waals surface area contributed by atoms with Crippen LogP contribution >= 0.6 is 0 Å². The van der Waals surface area contributed by atoms with E-state index in [2.05, 4.69) is 10.6 Å². The van der Waals surface area contributed by atoms with Crippen LogP contribution in [0.1, 0.15) is 12.0 Å². The number of fused-ring (bicyclic) bond motifs is 2. The topological polar surface area (TPSA) is 41.1 Å². The van der Waals surface area contributed by atoms with E-state index in [4.69, 9.17) is 0 Å². The highest BCUT2D eigenvalue weighted by Gasteiger charge is 2.49. The standard InChI is InChI=1S/C11H11FN2O/c12-8-3-1-2-7-9(8)14-10(15)11(7)4-5-13-6-11/h1-3,13H,4-6H2,(H,14,15)/t11-/m1/s1. The Balaban J connectivity index is 2.21. The molecule has 1 atom stereocenters. The van der Waals surface area contributed by atoms with Crippen LogP contribution in [0, 0.1) is 5.82 Å². The summed E-state index contributed by atoms with van der Waals surface area (Å²) in [6.45, 7) is 1.42. The molecule has 1 saturated heterocycles. The third kappa shape index (κ3) is 0.997. The fourth-order valence-corrected chi connectivity index (χ4v) is 2.52. The van der Waals surface area contributed by atoms with Gasteiger partial charge in [0.1, 0.15) is 5.82 Å². The van der Waals surface area contributed by atoms with Crippen LogP contribution in [0.2, 0.25) is 0 Å². The summed E-state index contributed by atoms with van der Waals surface area (Å²) in [6.07, 6.45) is 0.745. The lowest BCUT2D eigenvalue weighted by Crippen LogP contribution is -2.36. The number of amides is 1. The molecule has 0 aromatic heterocycles. The van der Waals surface area contributed by atoms with E-state index in [0.717, 1.165) is 18.5 Å². The maximum absolute atomic E-state index is 13.5. The molecular formula is C11H11FN2O. The number of hydrogen-bond acceptors (Lipinski definition) is 2. The van der Waals surface area contributed by atoms with Crippen LogP contribution < -0.4 is 10.6 Å². The van der Waals surface area contributed by atoms with Gasteiger partial charge in [-0.1, -0.05) is 12.1 Å². The molecule has 0 saturated carbocycles. The average Bonchev–Trinajstić information content (AvgIpc) is 2.79. The summed E-state index contributed by atoms with van der Waals surface area (Å²) in [6, 6.07) is 4.87. The highest BCUT2D eigenvalue weighted by Crippen LogP contribution is 2.42. The van der Waals surface area contributed by atoms with Gasteiger partial charge in [-0.05, 0) is 24.6 Å². The Hall–Kier alpha value is -1.42. The van der Waals surface area contributed by atoms with Crippen LogP contribution in [0.5, 0.6) is 0 Å². The van der Waals surface area contributed by atoms with Gasteiger partial charge >= 0.3 is 0 Å². The highest BCUT2D eigenvalue weighted by atomic mass is 19.1. The van der Waals surface area contributed by atoms with Crippen molar-refractivity contribution in [2.45, 2.75) is 11.8 Å². The quantitative estimate of drug-likeness (QED) is 0.665. The summed E-state index contributed by atoms with van der Waals surface area (Å²) in [4.78, 5) is 11.9. The third-order valence-electron chi connectivity index (χ3n) is 3.36. The van der Waals surface area contributed by atoms with Crippen LogP contribution in [0.3, 0.4) is 0 Å². The molecule has 0 bridgehead atoms. The van der Waals surface area contributed by atoms with Crippen LogP contribution in [0.4, 0.5) is 10.1 Å². The van der Waals surface area contributed by atoms with Crippen molar-refractivity contribution in [3.8, 4) is 0 Å². The number of hydrogen-bond donors (Lipinski definition) is 2. The van der Waals surface area contributed by atoms with Crippen molar-refractivity contribution in [1.29, 1.82) is 0 Å². The first kappa shape index (κ1) is 8.85. The van der Waals surface area contributed by atoms with Crippen LogP contribution in [0.25, 0.3) is 0 Å². The maximum Gasteiger partial charge on any atom is 0.236 e. The number of rotatable bonds is 0. The molecule has 2 heterocycles. The summed E-state index contributed by atoms with van der Waals surface area (Å²) < 4.78 is 13.5. The molecule has 15 heavy (non-hydrogen) atoms. The van der Waals surface area contributed by atoms with Crippen molar-refractivity contribution in [2.24, 2.45) is 0 Å². The molecule has 0 radical (unpaired) electrons. The Morgan fingerprint density at radius 1 is 1.40 bits per heavy atom. The van der Waals surface area contributed by atoms with E-state index in [9.17, 15) is 9.18 Å². The van der Waals surface area contributed by atoms with E-state index >= 15 is 0 Å². The first-order valence-corrected chi connectivity index (χ1v) is 5.05. The zero-order valence-electron chi connectivity index (χ0n) is 8.14. The van der Waals surface area contributed by atoms with E-state index in [-0.39, 0.29) is 11.7 Å². The summed E-state index contributed by atoms with van der Waals surface area (Å²) >= 11 is 0. The summed E-state index contributed by atoms with van der Waals surface area (Å²) in [5.41, 5.74) is 0.640. The monoisotopic (exact) mass is 206 g/mol. The maximum atomic E-state index is 13.5. The fraction of sp³-hybridized carbons (Fsp3) is 0.364. The Bertz CT molecular complexity index is 438. The number of halogens is 1. The molecule has 0 unspecified atom stereocenters. The lowest BCUT2D eigenvalue weighted by Gasteiger charge is -2.19. The van der Waals surface area contributed by atoms with Crippen molar-refractivity contribution in [3.63, 3.8) is 0 Å². The molecule has 0 aliphatic carbocycles. The molecule has 3 rings (SSSR count). The van der Waals surface area contributed by atoms with Gasteiger partial charge in [-0.15, -0.1) is 0 Å². The second-order valence-corrected chi connectivity index (χ2v) is 4.13. The van der Waals surface area contributed by atoms with Crippen molar-refractivity contribution in [2.75, 3.05) is 18.4 Å². The normalized spacial score (nSPS) is 28.2. The van der Waals surface area contributed by atoms with E-state index in [0.29, 0.717) is 12.2 Å². The van der Waals surface area contributed by atoms with E-state index in [1.807, 2.05) is 6.07 Å². The van der Waals surface area contributed by atoms with Crippen molar-refractivity contribution >= 4 is 11.6 Å². The lowest BCUT2D eigenvalue weighted by atomic mass is 9.81. The second kappa shape index (κ2) is 2.79. The summed E-state index contributed by atoms with van der Waals surface area (Å²) in [5, 5.41) is 5.81. The van der Waals surface area contributed by atoms with Crippen molar-refractivity contribution < 1.29 is 9.18 Å². The van der Waals surface area contributed by atoms with Gasteiger partial charge in [-0.3, -0.25) is 4.79 Å². The number of carbonyl (C=O) groups is 1. The van der Waals surface area contributed by atoms with Gasteiger partial charge in [0, 0.05) is 6.54 Å². The Morgan fingerprint density at radius 3 is 3.00 bits per heavy atom. The van der Waals surface area contributed by atoms with Crippen LogP contribution in [-0.4, -0.2) is 19.0 Å². The number of benzene rings is 1. The largest absolute Gasteiger partial charge is 0.323 e. The number of carbonyl (C=O) groups excluding carboxylic acids is 1. The number of para-hydroxylation sites is 1. The van der Waals surface area contributed by atoms with E-state index < -0.39 is 5.41 Å². The average molecular weight is 206 g/mol. The molecule has 3 nitrogen and oxygen atoms in total. The summed E-state index contributed by atoms with van der Waals surface area (Å²) in [7, 11) is 0. The lowest BCUT2D eigenvalue weighted by molar-refractivity contribution is -0.120. The number of nitrogens with one attached hydrogen (secondary N) is 2. The molecule has 2 N–H and O–H groups in total. The molecule has 1 amide bonds. The number of anilines is 1. The summed E-state index contributed by atoms with van der Waals surface area (Å²) in [5.74, 6) is -0.419. The first-order chi connectivity index (χ1) is 7.24. The molecule has 4 heteroatoms. The smallest absolute Gasteiger partial charge is 0.236 e. The third-order valence-corrected chi connectivity index (χ3v) is 3.36. The van der Waals surface area contributed by atoms with Crippen molar-refractivity contribution in [1.82, 2.24) is 5.32 Å². The first-order valence-electron chi connectivity index (χ1n) is 5.05. The molecule has 1 spiro atoms. The van der Waals surface area contributed by atoms with Crippen molar-refractivity contribution in [3.05, 3.63) is 29.6 Å². The molecule has 1 fully saturated rings. The minimum atomic E-state index is -0.530. The predicted octanol–water partition coefficient (Wildman–Crippen LogP) is 1.01. The molecular weight excluding hydrogens is 195 g/mol. The molecule has 78 valence electrons. The van der Waals surface area contributed by atoms with Gasteiger partial charge in [0.25, 0.3) is 0 Å². The van der Waals surface area contributed by atoms with Gasteiger partial charge in [0.15, 0.2) is 0 Å². The minimum Gasteiger partial charge on any atom is -0.323 e. The fourth-order valence-electron chi connectivity index (χ4n) is 2.52. The highest BCUT2D eigenvalue weighted by molar-refractivity contribution is 6.06. The zero-order chi connectivity index (χ0) is 10.5.